The van der Waals surface area contributed by atoms with Gasteiger partial charge in [-0.05, 0) is 99.7 Å². The summed E-state index contributed by atoms with van der Waals surface area (Å²) in [7, 11) is 0. The van der Waals surface area contributed by atoms with Crippen molar-refractivity contribution in [3.05, 3.63) is 81.5 Å². The predicted molar refractivity (Wildman–Crippen MR) is 308 cm³/mol. The fraction of sp³-hybridized carbons (Fsp3) is 0.492. The van der Waals surface area contributed by atoms with Crippen molar-refractivity contribution in [3.8, 4) is 39.7 Å². The van der Waals surface area contributed by atoms with Crippen molar-refractivity contribution >= 4 is 83.8 Å². The molecule has 22 heteroatoms. The van der Waals surface area contributed by atoms with Crippen LogP contribution in [0.15, 0.2) is 48.0 Å². The number of nitrogens with zero attached hydrogens (tertiary/aromatic N) is 9. The Morgan fingerprint density at radius 2 is 1.81 bits per heavy atom. The van der Waals surface area contributed by atoms with Gasteiger partial charge in [0.05, 0.1) is 61.5 Å². The van der Waals surface area contributed by atoms with Crippen molar-refractivity contribution in [2.75, 3.05) is 50.0 Å². The van der Waals surface area contributed by atoms with Crippen LogP contribution in [0.4, 0.5) is 19.6 Å². The van der Waals surface area contributed by atoms with Crippen LogP contribution < -0.4 is 26.0 Å². The van der Waals surface area contributed by atoms with Crippen LogP contribution in [-0.2, 0) is 14.4 Å². The summed E-state index contributed by atoms with van der Waals surface area (Å²) in [6, 6.07) is 14.1. The monoisotopic (exact) mass is 1160 g/mol. The molecule has 5 N–H and O–H groups in total. The van der Waals surface area contributed by atoms with E-state index in [1.54, 1.807) is 22.3 Å². The fourth-order valence-electron chi connectivity index (χ4n) is 13.1. The number of nitrogens with two attached hydrogens (primary N) is 1. The first-order valence-electron chi connectivity index (χ1n) is 27.8. The van der Waals surface area contributed by atoms with E-state index in [1.165, 1.54) is 17.0 Å². The van der Waals surface area contributed by atoms with Gasteiger partial charge in [-0.1, -0.05) is 62.7 Å². The van der Waals surface area contributed by atoms with Crippen molar-refractivity contribution in [1.29, 1.82) is 10.5 Å². The number of aryl methyl sites for hydroxylation is 1. The molecule has 11 rings (SSSR count). The van der Waals surface area contributed by atoms with E-state index < -0.39 is 41.2 Å². The summed E-state index contributed by atoms with van der Waals surface area (Å²) in [5.41, 5.74) is 10.2. The molecule has 9 atom stereocenters. The highest BCUT2D eigenvalue weighted by molar-refractivity contribution is 7.23. The molecule has 17 nitrogen and oxygen atoms in total. The number of ether oxygens (including phenoxy) is 1. The first-order valence-corrected chi connectivity index (χ1v) is 29.9. The highest BCUT2D eigenvalue weighted by Gasteiger charge is 2.50. The minimum atomic E-state index is -0.936. The van der Waals surface area contributed by atoms with E-state index >= 15 is 8.78 Å². The Morgan fingerprint density at radius 3 is 2.51 bits per heavy atom. The standard InChI is InChI=1S/C59H65ClF2N12O5S2/c1-30(32-8-10-33(11-9-32)51-31(2)66-29-80-51)67-56(77)44-21-38(75)27-73(44)57(78)53(59(3,4)5)74-37(14-17-46(74)76)7-6-19-71-20-18-34(23-63)45(71)28-79-58-69-50-40(55(70-58)72-25-35-12-13-36(26-72)68-35)22-42(60)48(49(50)62)39-15-16-43(61)52-47(39)41(24-64)54(65)81-52/h8-11,15-16,22,29-30,34-38,44-45,53,68,75H,6-7,12-14,17-21,25-28,65H2,1-5H3,(H,67,77)/t30-,34+,35?,36?,37-,38+,44-,45+,53+/m0/s1. The van der Waals surface area contributed by atoms with Gasteiger partial charge in [-0.25, -0.2) is 13.8 Å². The largest absolute Gasteiger partial charge is 0.462 e. The van der Waals surface area contributed by atoms with Gasteiger partial charge in [0.2, 0.25) is 17.7 Å². The van der Waals surface area contributed by atoms with Gasteiger partial charge in [0.25, 0.3) is 0 Å². The van der Waals surface area contributed by atoms with E-state index in [0.717, 1.165) is 45.9 Å². The molecule has 3 aromatic carbocycles. The van der Waals surface area contributed by atoms with Crippen LogP contribution in [0, 0.1) is 52.6 Å². The molecule has 3 aromatic heterocycles. The number of thiophene rings is 1. The number of nitriles is 2. The quantitative estimate of drug-likeness (QED) is 0.0753. The number of aromatic nitrogens is 3. The van der Waals surface area contributed by atoms with E-state index in [-0.39, 0.29) is 122 Å². The molecule has 0 saturated carbocycles. The summed E-state index contributed by atoms with van der Waals surface area (Å²) in [6.07, 6.45) is 3.70. The number of halogens is 3. The SMILES string of the molecule is Cc1ncsc1-c1ccc([C@H](C)NC(=O)[C@@H]2C[C@@H](O)CN2C(=O)[C@@H](N2C(=O)CC[C@@H]2CCCN2CC[C@H](C#N)[C@H]2COc2nc(N3CC4CCC(C3)N4)c3cc(Cl)c(-c4ccc(F)c5sc(N)c(C#N)c45)c(F)c3n2)C(C)(C)C)cc1. The summed E-state index contributed by atoms with van der Waals surface area (Å²) >= 11 is 9.46. The number of β-amino-alcohol motifs (C(OH)–C–C–N with tert-alkyl or cyclic N) is 1. The highest BCUT2D eigenvalue weighted by atomic mass is 35.5. The van der Waals surface area contributed by atoms with Crippen LogP contribution in [-0.4, -0.2) is 134 Å². The summed E-state index contributed by atoms with van der Waals surface area (Å²) in [6.45, 7) is 12.0. The van der Waals surface area contributed by atoms with Gasteiger partial charge in [-0.2, -0.15) is 20.5 Å². The molecule has 81 heavy (non-hydrogen) atoms. The second-order valence-electron chi connectivity index (χ2n) is 23.4. The smallest absolute Gasteiger partial charge is 0.319 e. The first kappa shape index (κ1) is 56.3. The average molecular weight is 1160 g/mol. The number of benzene rings is 3. The molecule has 0 spiro atoms. The van der Waals surface area contributed by atoms with Crippen LogP contribution in [0.3, 0.4) is 0 Å². The van der Waals surface area contributed by atoms with Gasteiger partial charge in [-0.15, -0.1) is 22.7 Å². The highest BCUT2D eigenvalue weighted by Crippen LogP contribution is 2.46. The summed E-state index contributed by atoms with van der Waals surface area (Å²) in [5, 5.41) is 38.9. The van der Waals surface area contributed by atoms with Gasteiger partial charge in [-0.3, -0.25) is 19.3 Å². The minimum absolute atomic E-state index is 0.0136. The number of nitrogens with one attached hydrogen (secondary N) is 2. The number of piperazine rings is 1. The van der Waals surface area contributed by atoms with Gasteiger partial charge in [0.1, 0.15) is 46.9 Å². The molecule has 5 fully saturated rings. The summed E-state index contributed by atoms with van der Waals surface area (Å²) < 4.78 is 39.2. The number of likely N-dealkylation sites (tertiary alicyclic amines) is 3. The lowest BCUT2D eigenvalue weighted by molar-refractivity contribution is -0.152. The number of carbonyl (C=O) groups excluding carboxylic acids is 3. The molecule has 5 aliphatic rings. The number of thiazole rings is 1. The summed E-state index contributed by atoms with van der Waals surface area (Å²) in [5.74, 6) is -2.25. The molecular formula is C59H65ClF2N12O5S2. The van der Waals surface area contributed by atoms with Gasteiger partial charge >= 0.3 is 6.01 Å². The lowest BCUT2D eigenvalue weighted by atomic mass is 9.83. The average Bonchev–Trinajstić information content (AvgIpc) is 4.36. The molecule has 0 aliphatic carbocycles. The second kappa shape index (κ2) is 22.6. The molecule has 0 radical (unpaired) electrons. The molecule has 2 unspecified atom stereocenters. The Labute approximate surface area is 482 Å². The van der Waals surface area contributed by atoms with Crippen molar-refractivity contribution in [2.24, 2.45) is 11.3 Å². The van der Waals surface area contributed by atoms with Crippen molar-refractivity contribution in [3.63, 3.8) is 0 Å². The van der Waals surface area contributed by atoms with E-state index in [0.29, 0.717) is 63.1 Å². The Kier molecular flexibility index (Phi) is 15.7. The lowest BCUT2D eigenvalue weighted by Gasteiger charge is -2.43. The van der Waals surface area contributed by atoms with Crippen molar-refractivity contribution < 1.29 is 33.0 Å². The zero-order valence-electron chi connectivity index (χ0n) is 45.8. The normalized spacial score (nSPS) is 23.8. The third-order valence-electron chi connectivity index (χ3n) is 17.1. The zero-order chi connectivity index (χ0) is 57.2. The number of amides is 3. The number of rotatable bonds is 15. The van der Waals surface area contributed by atoms with E-state index in [2.05, 4.69) is 42.5 Å². The molecule has 2 bridgehead atoms. The number of hydrogen-bond donors (Lipinski definition) is 4. The number of carbonyl (C=O) groups is 3. The topological polar surface area (TPSA) is 230 Å². The molecule has 5 saturated heterocycles. The van der Waals surface area contributed by atoms with Crippen LogP contribution >= 0.6 is 34.3 Å². The number of anilines is 2. The maximum Gasteiger partial charge on any atom is 0.319 e. The molecule has 424 valence electrons. The van der Waals surface area contributed by atoms with Crippen LogP contribution in [0.25, 0.3) is 42.6 Å². The van der Waals surface area contributed by atoms with Crippen molar-refractivity contribution in [1.82, 2.24) is 40.3 Å². The predicted octanol–water partition coefficient (Wildman–Crippen LogP) is 8.89. The fourth-order valence-corrected chi connectivity index (χ4v) is 15.2. The van der Waals surface area contributed by atoms with Crippen LogP contribution in [0.2, 0.25) is 5.02 Å². The first-order chi connectivity index (χ1) is 38.8. The van der Waals surface area contributed by atoms with Gasteiger partial charge in [0, 0.05) is 66.9 Å². The molecule has 5 aliphatic heterocycles. The molecule has 6 aromatic rings. The Hall–Kier alpha value is -6.59. The number of nitrogen functional groups attached to an aromatic ring is 1. The maximum atomic E-state index is 17.5. The number of hydrogen-bond acceptors (Lipinski definition) is 16. The number of aliphatic hydroxyl groups excluding tert-OH is 1. The number of aliphatic hydroxyl groups is 1. The van der Waals surface area contributed by atoms with Crippen LogP contribution in [0.5, 0.6) is 6.01 Å². The molecule has 3 amide bonds. The van der Waals surface area contributed by atoms with Crippen LogP contribution in [0.1, 0.15) is 102 Å². The third kappa shape index (κ3) is 10.8. The minimum Gasteiger partial charge on any atom is -0.462 e. The number of fused-ring (bicyclic) bond motifs is 4. The van der Waals surface area contributed by atoms with Crippen molar-refractivity contribution in [2.45, 2.75) is 134 Å². The Balaban J connectivity index is 0.798. The maximum absolute atomic E-state index is 17.5. The molecule has 8 heterocycles. The van der Waals surface area contributed by atoms with Gasteiger partial charge in [0.15, 0.2) is 5.82 Å². The Bertz CT molecular complexity index is 3510. The third-order valence-corrected chi connectivity index (χ3v) is 19.4. The van der Waals surface area contributed by atoms with E-state index in [4.69, 9.17) is 27.1 Å². The van der Waals surface area contributed by atoms with Gasteiger partial charge < -0.3 is 40.9 Å². The van der Waals surface area contributed by atoms with E-state index in [9.17, 15) is 30.0 Å². The molecular weight excluding hydrogens is 1090 g/mol. The Morgan fingerprint density at radius 1 is 1.06 bits per heavy atom. The summed E-state index contributed by atoms with van der Waals surface area (Å²) in [4.78, 5) is 65.6. The second-order valence-corrected chi connectivity index (χ2v) is 25.7. The lowest BCUT2D eigenvalue weighted by Crippen LogP contribution is -2.59. The van der Waals surface area contributed by atoms with E-state index in [1.807, 2.05) is 64.4 Å². The zero-order valence-corrected chi connectivity index (χ0v) is 48.2.